The molecule has 5 nitrogen and oxygen atoms in total. The van der Waals surface area contributed by atoms with Crippen LogP contribution in [0.2, 0.25) is 0 Å². The fourth-order valence-electron chi connectivity index (χ4n) is 1.39. The van der Waals surface area contributed by atoms with E-state index in [0.29, 0.717) is 11.3 Å². The highest BCUT2D eigenvalue weighted by Gasteiger charge is 2.09. The minimum Gasteiger partial charge on any atom is -0.397 e. The van der Waals surface area contributed by atoms with Crippen molar-refractivity contribution in [3.05, 3.63) is 17.8 Å². The van der Waals surface area contributed by atoms with Crippen molar-refractivity contribution >= 4 is 17.4 Å². The lowest BCUT2D eigenvalue weighted by atomic mass is 10.2. The zero-order valence-corrected chi connectivity index (χ0v) is 9.73. The molecule has 0 aliphatic rings. The zero-order valence-electron chi connectivity index (χ0n) is 9.73. The van der Waals surface area contributed by atoms with E-state index in [2.05, 4.69) is 11.9 Å². The third kappa shape index (κ3) is 2.85. The smallest absolute Gasteiger partial charge is 0.250 e. The lowest BCUT2D eigenvalue weighted by molar-refractivity contribution is 0.100. The first-order chi connectivity index (χ1) is 7.56. The summed E-state index contributed by atoms with van der Waals surface area (Å²) in [4.78, 5) is 17.3. The van der Waals surface area contributed by atoms with E-state index < -0.39 is 5.91 Å². The highest BCUT2D eigenvalue weighted by atomic mass is 16.1. The van der Waals surface area contributed by atoms with E-state index in [1.807, 2.05) is 11.9 Å². The number of nitrogen functional groups attached to an aromatic ring is 1. The lowest BCUT2D eigenvalue weighted by Gasteiger charge is -2.18. The van der Waals surface area contributed by atoms with Gasteiger partial charge in [-0.3, -0.25) is 4.79 Å². The number of hydrogen-bond donors (Lipinski definition) is 2. The monoisotopic (exact) mass is 222 g/mol. The molecule has 0 aromatic carbocycles. The number of carbonyl (C=O) groups excluding carboxylic acids is 1. The van der Waals surface area contributed by atoms with E-state index in [-0.39, 0.29) is 0 Å². The summed E-state index contributed by atoms with van der Waals surface area (Å²) in [5, 5.41) is 0. The number of rotatable bonds is 5. The van der Waals surface area contributed by atoms with E-state index in [1.54, 1.807) is 6.07 Å². The topological polar surface area (TPSA) is 85.2 Å². The van der Waals surface area contributed by atoms with Gasteiger partial charge in [0.2, 0.25) is 0 Å². The quantitative estimate of drug-likeness (QED) is 0.778. The molecule has 1 amide bonds. The van der Waals surface area contributed by atoms with Gasteiger partial charge in [-0.25, -0.2) is 4.98 Å². The SMILES string of the molecule is CCCCN(C)c1cc(C(N)=O)c(N)cn1. The molecule has 4 N–H and O–H groups in total. The Morgan fingerprint density at radius 2 is 2.25 bits per heavy atom. The molecule has 0 atom stereocenters. The Labute approximate surface area is 95.4 Å². The van der Waals surface area contributed by atoms with Crippen LogP contribution in [0.15, 0.2) is 12.3 Å². The van der Waals surface area contributed by atoms with Crippen molar-refractivity contribution in [2.24, 2.45) is 5.73 Å². The van der Waals surface area contributed by atoms with Crippen LogP contribution in [0.3, 0.4) is 0 Å². The Hall–Kier alpha value is -1.78. The second-order valence-electron chi connectivity index (χ2n) is 3.77. The largest absolute Gasteiger partial charge is 0.397 e. The second-order valence-corrected chi connectivity index (χ2v) is 3.77. The van der Waals surface area contributed by atoms with Gasteiger partial charge >= 0.3 is 0 Å². The van der Waals surface area contributed by atoms with Crippen LogP contribution in [0.5, 0.6) is 0 Å². The van der Waals surface area contributed by atoms with E-state index in [1.165, 1.54) is 6.20 Å². The Morgan fingerprint density at radius 3 is 2.81 bits per heavy atom. The summed E-state index contributed by atoms with van der Waals surface area (Å²) in [5.41, 5.74) is 11.5. The molecule has 1 aromatic rings. The molecule has 0 spiro atoms. The molecule has 0 aliphatic heterocycles. The van der Waals surface area contributed by atoms with Crippen LogP contribution in [0.25, 0.3) is 0 Å². The number of hydrogen-bond acceptors (Lipinski definition) is 4. The van der Waals surface area contributed by atoms with Crippen molar-refractivity contribution in [1.29, 1.82) is 0 Å². The summed E-state index contributed by atoms with van der Waals surface area (Å²) in [6.07, 6.45) is 3.66. The Morgan fingerprint density at radius 1 is 1.56 bits per heavy atom. The molecular weight excluding hydrogens is 204 g/mol. The van der Waals surface area contributed by atoms with Crippen molar-refractivity contribution in [3.8, 4) is 0 Å². The molecular formula is C11H18N4O. The first-order valence-electron chi connectivity index (χ1n) is 5.32. The number of unbranched alkanes of at least 4 members (excludes halogenated alkanes) is 1. The van der Waals surface area contributed by atoms with Crippen LogP contribution in [-0.2, 0) is 0 Å². The van der Waals surface area contributed by atoms with Gasteiger partial charge in [0.1, 0.15) is 5.82 Å². The number of primary amides is 1. The van der Waals surface area contributed by atoms with E-state index in [4.69, 9.17) is 11.5 Å². The van der Waals surface area contributed by atoms with Gasteiger partial charge in [-0.15, -0.1) is 0 Å². The number of nitrogens with two attached hydrogens (primary N) is 2. The van der Waals surface area contributed by atoms with Gasteiger partial charge in [-0.1, -0.05) is 13.3 Å². The minimum absolute atomic E-state index is 0.320. The Bertz CT molecular complexity index is 378. The van der Waals surface area contributed by atoms with E-state index in [9.17, 15) is 4.79 Å². The Balaban J connectivity index is 2.89. The fourth-order valence-corrected chi connectivity index (χ4v) is 1.39. The van der Waals surface area contributed by atoms with Crippen molar-refractivity contribution in [3.63, 3.8) is 0 Å². The minimum atomic E-state index is -0.523. The Kier molecular flexibility index (Phi) is 4.10. The predicted octanol–water partition coefficient (Wildman–Crippen LogP) is 0.999. The first-order valence-corrected chi connectivity index (χ1v) is 5.32. The molecule has 1 aromatic heterocycles. The molecule has 0 unspecified atom stereocenters. The van der Waals surface area contributed by atoms with E-state index >= 15 is 0 Å². The average Bonchev–Trinajstić information content (AvgIpc) is 2.26. The van der Waals surface area contributed by atoms with Crippen LogP contribution in [-0.4, -0.2) is 24.5 Å². The van der Waals surface area contributed by atoms with Crippen molar-refractivity contribution in [2.75, 3.05) is 24.2 Å². The molecule has 88 valence electrons. The second kappa shape index (κ2) is 5.34. The van der Waals surface area contributed by atoms with Crippen molar-refractivity contribution < 1.29 is 4.79 Å². The summed E-state index contributed by atoms with van der Waals surface area (Å²) >= 11 is 0. The molecule has 1 heterocycles. The number of aromatic nitrogens is 1. The molecule has 5 heteroatoms. The van der Waals surface area contributed by atoms with Crippen LogP contribution in [0, 0.1) is 0 Å². The standard InChI is InChI=1S/C11H18N4O/c1-3-4-5-15(2)10-6-8(11(13)16)9(12)7-14-10/h6-7H,3-5,12H2,1-2H3,(H2,13,16). The van der Waals surface area contributed by atoms with E-state index in [0.717, 1.165) is 25.2 Å². The number of pyridine rings is 1. The average molecular weight is 222 g/mol. The van der Waals surface area contributed by atoms with Crippen LogP contribution in [0.1, 0.15) is 30.1 Å². The zero-order chi connectivity index (χ0) is 12.1. The van der Waals surface area contributed by atoms with Gasteiger partial charge in [-0.2, -0.15) is 0 Å². The highest BCUT2D eigenvalue weighted by molar-refractivity contribution is 5.98. The summed E-state index contributed by atoms with van der Waals surface area (Å²) < 4.78 is 0. The molecule has 0 aliphatic carbocycles. The summed E-state index contributed by atoms with van der Waals surface area (Å²) in [5.74, 6) is 0.196. The molecule has 0 bridgehead atoms. The van der Waals surface area contributed by atoms with Gasteiger partial charge < -0.3 is 16.4 Å². The number of carbonyl (C=O) groups is 1. The third-order valence-electron chi connectivity index (χ3n) is 2.42. The van der Waals surface area contributed by atoms with Crippen LogP contribution in [0.4, 0.5) is 11.5 Å². The lowest BCUT2D eigenvalue weighted by Crippen LogP contribution is -2.21. The van der Waals surface area contributed by atoms with Gasteiger partial charge in [-0.05, 0) is 12.5 Å². The first kappa shape index (κ1) is 12.3. The predicted molar refractivity (Wildman–Crippen MR) is 65.3 cm³/mol. The molecule has 16 heavy (non-hydrogen) atoms. The van der Waals surface area contributed by atoms with Crippen LogP contribution >= 0.6 is 0 Å². The van der Waals surface area contributed by atoms with Crippen molar-refractivity contribution in [1.82, 2.24) is 4.98 Å². The fraction of sp³-hybridized carbons (Fsp3) is 0.455. The summed E-state index contributed by atoms with van der Waals surface area (Å²) in [7, 11) is 1.93. The molecule has 0 saturated carbocycles. The summed E-state index contributed by atoms with van der Waals surface area (Å²) in [6.45, 7) is 3.02. The third-order valence-corrected chi connectivity index (χ3v) is 2.42. The number of amides is 1. The number of nitrogens with zero attached hydrogens (tertiary/aromatic N) is 2. The molecule has 0 saturated heterocycles. The highest BCUT2D eigenvalue weighted by Crippen LogP contribution is 2.17. The summed E-state index contributed by atoms with van der Waals surface area (Å²) in [6, 6.07) is 1.63. The maximum Gasteiger partial charge on any atom is 0.250 e. The maximum atomic E-state index is 11.1. The number of anilines is 2. The molecule has 1 rings (SSSR count). The van der Waals surface area contributed by atoms with Gasteiger partial charge in [0.05, 0.1) is 17.4 Å². The molecule has 0 fully saturated rings. The van der Waals surface area contributed by atoms with Crippen molar-refractivity contribution in [2.45, 2.75) is 19.8 Å². The normalized spacial score (nSPS) is 10.1. The van der Waals surface area contributed by atoms with Gasteiger partial charge in [0.25, 0.3) is 5.91 Å². The molecule has 0 radical (unpaired) electrons. The van der Waals surface area contributed by atoms with Crippen LogP contribution < -0.4 is 16.4 Å². The van der Waals surface area contributed by atoms with Gasteiger partial charge in [0, 0.05) is 13.6 Å². The maximum absolute atomic E-state index is 11.1. The van der Waals surface area contributed by atoms with Gasteiger partial charge in [0.15, 0.2) is 0 Å².